The first-order valence-corrected chi connectivity index (χ1v) is 7.96. The van der Waals surface area contributed by atoms with Gasteiger partial charge in [-0.05, 0) is 37.3 Å². The summed E-state index contributed by atoms with van der Waals surface area (Å²) in [4.78, 5) is 22.8. The molecule has 1 amide bonds. The van der Waals surface area contributed by atoms with Crippen molar-refractivity contribution in [3.63, 3.8) is 0 Å². The molecule has 1 N–H and O–H groups in total. The number of hydrazone groups is 1. The number of methoxy groups -OCH3 is 2. The number of hydrogen-bond acceptors (Lipinski definition) is 7. The Morgan fingerprint density at radius 1 is 1.19 bits per heavy atom. The Hall–Kier alpha value is -3.62. The van der Waals surface area contributed by atoms with Gasteiger partial charge in [0.2, 0.25) is 0 Å². The molecule has 0 heterocycles. The molecule has 0 fully saturated rings. The lowest BCUT2D eigenvalue weighted by Gasteiger charge is -2.08. The molecule has 2 aromatic carbocycles. The van der Waals surface area contributed by atoms with Gasteiger partial charge in [-0.3, -0.25) is 14.9 Å². The van der Waals surface area contributed by atoms with E-state index in [4.69, 9.17) is 14.2 Å². The summed E-state index contributed by atoms with van der Waals surface area (Å²) in [6.45, 7) is 2.39. The van der Waals surface area contributed by atoms with E-state index < -0.39 is 10.8 Å². The predicted octanol–water partition coefficient (Wildman–Crippen LogP) is 2.77. The number of nitro benzene ring substituents is 1. The van der Waals surface area contributed by atoms with Crippen molar-refractivity contribution in [2.45, 2.75) is 6.92 Å². The van der Waals surface area contributed by atoms with E-state index in [1.807, 2.05) is 6.92 Å². The third-order valence-electron chi connectivity index (χ3n) is 3.53. The number of nitro groups is 1. The lowest BCUT2D eigenvalue weighted by atomic mass is 10.1. The van der Waals surface area contributed by atoms with Crippen molar-refractivity contribution < 1.29 is 23.9 Å². The fourth-order valence-electron chi connectivity index (χ4n) is 2.24. The smallest absolute Gasteiger partial charge is 0.282 e. The second kappa shape index (κ2) is 9.18. The highest BCUT2D eigenvalue weighted by Crippen LogP contribution is 2.33. The van der Waals surface area contributed by atoms with Gasteiger partial charge >= 0.3 is 0 Å². The summed E-state index contributed by atoms with van der Waals surface area (Å²) in [6, 6.07) is 9.16. The molecule has 0 bridgehead atoms. The second-order valence-electron chi connectivity index (χ2n) is 5.18. The highest BCUT2D eigenvalue weighted by atomic mass is 16.6. The van der Waals surface area contributed by atoms with E-state index in [0.29, 0.717) is 23.7 Å². The van der Waals surface area contributed by atoms with Crippen LogP contribution < -0.4 is 19.6 Å². The van der Waals surface area contributed by atoms with Crippen LogP contribution in [0, 0.1) is 10.1 Å². The Kier molecular flexibility index (Phi) is 6.70. The van der Waals surface area contributed by atoms with Crippen molar-refractivity contribution in [2.24, 2.45) is 5.10 Å². The molecule has 0 radical (unpaired) electrons. The highest BCUT2D eigenvalue weighted by Gasteiger charge is 2.18. The zero-order valence-electron chi connectivity index (χ0n) is 15.1. The summed E-state index contributed by atoms with van der Waals surface area (Å²) < 4.78 is 15.5. The number of rotatable bonds is 8. The summed E-state index contributed by atoms with van der Waals surface area (Å²) in [7, 11) is 2.80. The maximum Gasteiger partial charge on any atom is 0.282 e. The summed E-state index contributed by atoms with van der Waals surface area (Å²) in [5.41, 5.74) is 2.63. The van der Waals surface area contributed by atoms with Crippen molar-refractivity contribution in [1.29, 1.82) is 0 Å². The molecule has 0 saturated heterocycles. The number of amides is 1. The fraction of sp³-hybridized carbons (Fsp3) is 0.222. The summed E-state index contributed by atoms with van der Waals surface area (Å²) >= 11 is 0. The van der Waals surface area contributed by atoms with Crippen molar-refractivity contribution in [3.05, 3.63) is 57.6 Å². The molecule has 0 atom stereocenters. The number of ether oxygens (including phenoxy) is 3. The van der Waals surface area contributed by atoms with Crippen LogP contribution in [0.15, 0.2) is 41.5 Å². The third kappa shape index (κ3) is 4.94. The SMILES string of the molecule is CCOc1ccc(C(=O)N/N=C\c2cc(OC)c(OC)cc2[N+](=O)[O-])cc1. The van der Waals surface area contributed by atoms with Gasteiger partial charge in [0.05, 0.1) is 43.6 Å². The van der Waals surface area contributed by atoms with Gasteiger partial charge in [0.1, 0.15) is 5.75 Å². The van der Waals surface area contributed by atoms with E-state index in [2.05, 4.69) is 10.5 Å². The largest absolute Gasteiger partial charge is 0.494 e. The number of hydrogen-bond donors (Lipinski definition) is 1. The average Bonchev–Trinajstić information content (AvgIpc) is 2.68. The molecule has 9 nitrogen and oxygen atoms in total. The van der Waals surface area contributed by atoms with Crippen LogP contribution in [0.25, 0.3) is 0 Å². The van der Waals surface area contributed by atoms with Crippen molar-refractivity contribution in [1.82, 2.24) is 5.43 Å². The van der Waals surface area contributed by atoms with E-state index >= 15 is 0 Å². The van der Waals surface area contributed by atoms with Crippen molar-refractivity contribution >= 4 is 17.8 Å². The van der Waals surface area contributed by atoms with E-state index in [9.17, 15) is 14.9 Å². The minimum Gasteiger partial charge on any atom is -0.494 e. The molecule has 2 aromatic rings. The number of carbonyl (C=O) groups excluding carboxylic acids is 1. The standard InChI is InChI=1S/C18H19N3O6/c1-4-27-14-7-5-12(6-8-14)18(22)20-19-11-13-9-16(25-2)17(26-3)10-15(13)21(23)24/h5-11H,4H2,1-3H3,(H,20,22)/b19-11-. The fourth-order valence-corrected chi connectivity index (χ4v) is 2.24. The van der Waals surface area contributed by atoms with Crippen LogP contribution in [0.2, 0.25) is 0 Å². The minimum absolute atomic E-state index is 0.157. The molecule has 0 aliphatic heterocycles. The Labute approximate surface area is 155 Å². The topological polar surface area (TPSA) is 112 Å². The Morgan fingerprint density at radius 3 is 2.37 bits per heavy atom. The summed E-state index contributed by atoms with van der Waals surface area (Å²) in [5, 5.41) is 15.0. The van der Waals surface area contributed by atoms with Crippen LogP contribution in [-0.4, -0.2) is 37.9 Å². The predicted molar refractivity (Wildman–Crippen MR) is 98.9 cm³/mol. The van der Waals surface area contributed by atoms with E-state index in [1.54, 1.807) is 24.3 Å². The van der Waals surface area contributed by atoms with Crippen molar-refractivity contribution in [3.8, 4) is 17.2 Å². The molecular formula is C18H19N3O6. The zero-order chi connectivity index (χ0) is 19.8. The number of nitrogens with one attached hydrogen (secondary N) is 1. The van der Waals surface area contributed by atoms with E-state index in [-0.39, 0.29) is 17.0 Å². The van der Waals surface area contributed by atoms with Gasteiger partial charge in [0.15, 0.2) is 11.5 Å². The second-order valence-corrected chi connectivity index (χ2v) is 5.18. The van der Waals surface area contributed by atoms with Crippen LogP contribution in [0.1, 0.15) is 22.8 Å². The number of nitrogens with zero attached hydrogens (tertiary/aromatic N) is 2. The molecule has 0 aliphatic rings. The van der Waals surface area contributed by atoms with Gasteiger partial charge in [-0.1, -0.05) is 0 Å². The first kappa shape index (κ1) is 19.7. The Balaban J connectivity index is 2.17. The lowest BCUT2D eigenvalue weighted by Crippen LogP contribution is -2.17. The van der Waals surface area contributed by atoms with E-state index in [1.165, 1.54) is 32.6 Å². The van der Waals surface area contributed by atoms with Crippen LogP contribution in [0.4, 0.5) is 5.69 Å². The van der Waals surface area contributed by atoms with E-state index in [0.717, 1.165) is 0 Å². The minimum atomic E-state index is -0.572. The molecule has 142 valence electrons. The summed E-state index contributed by atoms with van der Waals surface area (Å²) in [6.07, 6.45) is 1.17. The molecule has 9 heteroatoms. The highest BCUT2D eigenvalue weighted by molar-refractivity contribution is 5.95. The lowest BCUT2D eigenvalue weighted by molar-refractivity contribution is -0.385. The van der Waals surface area contributed by atoms with Gasteiger partial charge in [-0.15, -0.1) is 0 Å². The van der Waals surface area contributed by atoms with Crippen LogP contribution in [0.5, 0.6) is 17.2 Å². The molecule has 0 spiro atoms. The molecule has 0 aliphatic carbocycles. The van der Waals surface area contributed by atoms with Crippen LogP contribution in [-0.2, 0) is 0 Å². The molecule has 0 aromatic heterocycles. The Bertz CT molecular complexity index is 849. The summed E-state index contributed by atoms with van der Waals surface area (Å²) in [5.74, 6) is 0.720. The maximum atomic E-state index is 12.1. The van der Waals surface area contributed by atoms with Gasteiger partial charge in [-0.25, -0.2) is 5.43 Å². The molecule has 0 saturated carbocycles. The average molecular weight is 373 g/mol. The first-order valence-electron chi connectivity index (χ1n) is 7.96. The third-order valence-corrected chi connectivity index (χ3v) is 3.53. The van der Waals surface area contributed by atoms with Gasteiger partial charge in [0.25, 0.3) is 11.6 Å². The van der Waals surface area contributed by atoms with Gasteiger partial charge in [-0.2, -0.15) is 5.10 Å². The first-order chi connectivity index (χ1) is 13.0. The van der Waals surface area contributed by atoms with Crippen LogP contribution in [0.3, 0.4) is 0 Å². The zero-order valence-corrected chi connectivity index (χ0v) is 15.1. The normalized spacial score (nSPS) is 10.5. The number of benzene rings is 2. The van der Waals surface area contributed by atoms with Crippen molar-refractivity contribution in [2.75, 3.05) is 20.8 Å². The van der Waals surface area contributed by atoms with Gasteiger partial charge in [0, 0.05) is 5.56 Å². The maximum absolute atomic E-state index is 12.1. The molecular weight excluding hydrogens is 354 g/mol. The van der Waals surface area contributed by atoms with Gasteiger partial charge < -0.3 is 14.2 Å². The molecule has 27 heavy (non-hydrogen) atoms. The quantitative estimate of drug-likeness (QED) is 0.432. The number of carbonyl (C=O) groups is 1. The molecule has 0 unspecified atom stereocenters. The monoisotopic (exact) mass is 373 g/mol. The van der Waals surface area contributed by atoms with Crippen LogP contribution >= 0.6 is 0 Å². The Morgan fingerprint density at radius 2 is 1.81 bits per heavy atom. The molecule has 2 rings (SSSR count).